The summed E-state index contributed by atoms with van der Waals surface area (Å²) in [6.07, 6.45) is 62.8. The number of rotatable bonds is 47. The molecule has 0 saturated heterocycles. The summed E-state index contributed by atoms with van der Waals surface area (Å²) in [6.45, 7) is 4.37. The van der Waals surface area contributed by atoms with E-state index >= 15 is 0 Å². The van der Waals surface area contributed by atoms with Crippen molar-refractivity contribution in [3.05, 3.63) is 24.3 Å². The minimum Gasteiger partial charge on any atom is -0.394 e. The van der Waals surface area contributed by atoms with Gasteiger partial charge in [-0.3, -0.25) is 4.79 Å². The maximum atomic E-state index is 12.5. The molecule has 3 N–H and O–H groups in total. The van der Waals surface area contributed by atoms with Crippen molar-refractivity contribution in [1.82, 2.24) is 5.32 Å². The van der Waals surface area contributed by atoms with E-state index in [0.717, 1.165) is 32.1 Å². The Balaban J connectivity index is 3.47. The van der Waals surface area contributed by atoms with Gasteiger partial charge >= 0.3 is 0 Å². The van der Waals surface area contributed by atoms with E-state index in [1.54, 1.807) is 0 Å². The van der Waals surface area contributed by atoms with Crippen LogP contribution in [0.3, 0.4) is 0 Å². The first-order valence-electron chi connectivity index (χ1n) is 25.5. The zero-order chi connectivity index (χ0) is 40.7. The maximum absolute atomic E-state index is 12.5. The second kappa shape index (κ2) is 48.2. The third kappa shape index (κ3) is 44.0. The molecule has 0 radical (unpaired) electrons. The molecule has 0 bridgehead atoms. The van der Waals surface area contributed by atoms with E-state index in [2.05, 4.69) is 43.5 Å². The van der Waals surface area contributed by atoms with Crippen LogP contribution < -0.4 is 5.32 Å². The van der Waals surface area contributed by atoms with Gasteiger partial charge in [0.1, 0.15) is 0 Å². The van der Waals surface area contributed by atoms with E-state index in [1.165, 1.54) is 225 Å². The van der Waals surface area contributed by atoms with Crippen LogP contribution in [0.5, 0.6) is 0 Å². The number of unbranched alkanes of at least 4 members (excludes halogenated alkanes) is 36. The highest BCUT2D eigenvalue weighted by Gasteiger charge is 2.20. The molecule has 0 saturated carbocycles. The molecule has 0 aromatic carbocycles. The Morgan fingerprint density at radius 2 is 0.732 bits per heavy atom. The average Bonchev–Trinajstić information content (AvgIpc) is 3.20. The first kappa shape index (κ1) is 54.9. The van der Waals surface area contributed by atoms with E-state index in [4.69, 9.17) is 0 Å². The van der Waals surface area contributed by atoms with Crippen LogP contribution in [0.4, 0.5) is 0 Å². The third-order valence-corrected chi connectivity index (χ3v) is 12.0. The fourth-order valence-electron chi connectivity index (χ4n) is 8.04. The number of nitrogens with one attached hydrogen (secondary N) is 1. The molecular weight excluding hydrogens is 687 g/mol. The van der Waals surface area contributed by atoms with Crippen molar-refractivity contribution in [2.24, 2.45) is 0 Å². The molecule has 0 aromatic rings. The van der Waals surface area contributed by atoms with Gasteiger partial charge in [-0.15, -0.1) is 0 Å². The number of amides is 1. The lowest BCUT2D eigenvalue weighted by atomic mass is 10.0. The van der Waals surface area contributed by atoms with E-state index in [-0.39, 0.29) is 12.5 Å². The summed E-state index contributed by atoms with van der Waals surface area (Å²) in [5.41, 5.74) is 0. The first-order valence-corrected chi connectivity index (χ1v) is 25.5. The van der Waals surface area contributed by atoms with E-state index in [0.29, 0.717) is 12.8 Å². The summed E-state index contributed by atoms with van der Waals surface area (Å²) in [5.74, 6) is -0.0321. The molecule has 2 atom stereocenters. The average molecular weight is 788 g/mol. The molecule has 0 fully saturated rings. The highest BCUT2D eigenvalue weighted by atomic mass is 16.3. The number of aliphatic hydroxyl groups excluding tert-OH is 2. The Morgan fingerprint density at radius 1 is 0.429 bits per heavy atom. The Labute approximate surface area is 351 Å². The van der Waals surface area contributed by atoms with Crippen LogP contribution in [0.15, 0.2) is 24.3 Å². The van der Waals surface area contributed by atoms with E-state index < -0.39 is 12.1 Å². The lowest BCUT2D eigenvalue weighted by Crippen LogP contribution is -2.45. The fourth-order valence-corrected chi connectivity index (χ4v) is 8.04. The van der Waals surface area contributed by atoms with Crippen molar-refractivity contribution in [2.45, 2.75) is 296 Å². The topological polar surface area (TPSA) is 69.6 Å². The van der Waals surface area contributed by atoms with E-state index in [1.807, 2.05) is 0 Å². The lowest BCUT2D eigenvalue weighted by molar-refractivity contribution is -0.123. The van der Waals surface area contributed by atoms with Crippen molar-refractivity contribution in [3.8, 4) is 0 Å². The van der Waals surface area contributed by atoms with E-state index in [9.17, 15) is 15.0 Å². The molecule has 1 amide bonds. The summed E-state index contributed by atoms with van der Waals surface area (Å²) in [6, 6.07) is -0.538. The van der Waals surface area contributed by atoms with Crippen LogP contribution in [0.2, 0.25) is 0 Å². The van der Waals surface area contributed by atoms with Crippen molar-refractivity contribution in [2.75, 3.05) is 6.61 Å². The standard InChI is InChI=1S/C52H101NO3/c1-3-5-7-9-11-13-15-17-19-21-23-25-26-28-29-31-33-35-37-39-41-43-45-47-51(55)50(49-54)53-52(56)48-46-44-42-40-38-36-34-32-30-27-24-22-20-18-16-14-12-10-8-6-4-2/h16,18,22,24,50-51,54-55H,3-15,17,19-21,23,25-49H2,1-2H3,(H,53,56)/b18-16-,24-22-. The summed E-state index contributed by atoms with van der Waals surface area (Å²) in [7, 11) is 0. The normalized spacial score (nSPS) is 13.0. The second-order valence-electron chi connectivity index (χ2n) is 17.6. The monoisotopic (exact) mass is 788 g/mol. The molecule has 0 aliphatic heterocycles. The fraction of sp³-hybridized carbons (Fsp3) is 0.904. The largest absolute Gasteiger partial charge is 0.394 e. The zero-order valence-corrected chi connectivity index (χ0v) is 38.2. The summed E-state index contributed by atoms with van der Waals surface area (Å²) >= 11 is 0. The van der Waals surface area contributed by atoms with Crippen molar-refractivity contribution in [3.63, 3.8) is 0 Å². The van der Waals surface area contributed by atoms with Gasteiger partial charge in [-0.25, -0.2) is 0 Å². The summed E-state index contributed by atoms with van der Waals surface area (Å²) in [4.78, 5) is 12.5. The number of carbonyl (C=O) groups is 1. The SMILES string of the molecule is CCCCCCC/C=C\C/C=C\CCCCCCCCCCCC(=O)NC(CO)C(O)CCCCCCCCCCCCCCCCCCCCCCCCC. The van der Waals surface area contributed by atoms with Gasteiger partial charge in [-0.1, -0.05) is 256 Å². The Kier molecular flexibility index (Phi) is 47.3. The number of hydrogen-bond acceptors (Lipinski definition) is 3. The molecule has 0 aromatic heterocycles. The number of hydrogen-bond donors (Lipinski definition) is 3. The number of carbonyl (C=O) groups excluding carboxylic acids is 1. The van der Waals surface area contributed by atoms with Gasteiger partial charge in [0.15, 0.2) is 0 Å². The quantitative estimate of drug-likeness (QED) is 0.0425. The van der Waals surface area contributed by atoms with Gasteiger partial charge in [0.25, 0.3) is 0 Å². The molecule has 0 rings (SSSR count). The summed E-state index contributed by atoms with van der Waals surface area (Å²) < 4.78 is 0. The smallest absolute Gasteiger partial charge is 0.220 e. The highest BCUT2D eigenvalue weighted by Crippen LogP contribution is 2.17. The molecular formula is C52H101NO3. The minimum atomic E-state index is -0.660. The van der Waals surface area contributed by atoms with Gasteiger partial charge in [-0.05, 0) is 44.9 Å². The predicted octanol–water partition coefficient (Wildman–Crippen LogP) is 16.4. The zero-order valence-electron chi connectivity index (χ0n) is 38.2. The van der Waals surface area contributed by atoms with Gasteiger partial charge in [0.2, 0.25) is 5.91 Å². The molecule has 0 spiro atoms. The molecule has 0 aliphatic carbocycles. The number of aliphatic hydroxyl groups is 2. The molecule has 0 heterocycles. The van der Waals surface area contributed by atoms with Crippen LogP contribution in [-0.4, -0.2) is 34.9 Å². The lowest BCUT2D eigenvalue weighted by Gasteiger charge is -2.22. The van der Waals surface area contributed by atoms with Crippen LogP contribution >= 0.6 is 0 Å². The molecule has 332 valence electrons. The second-order valence-corrected chi connectivity index (χ2v) is 17.6. The molecule has 0 aliphatic rings. The molecule has 2 unspecified atom stereocenters. The molecule has 4 heteroatoms. The third-order valence-electron chi connectivity index (χ3n) is 12.0. The summed E-state index contributed by atoms with van der Waals surface area (Å²) in [5, 5.41) is 23.3. The molecule has 56 heavy (non-hydrogen) atoms. The predicted molar refractivity (Wildman–Crippen MR) is 249 cm³/mol. The van der Waals surface area contributed by atoms with Gasteiger partial charge in [-0.2, -0.15) is 0 Å². The van der Waals surface area contributed by atoms with Crippen molar-refractivity contribution < 1.29 is 15.0 Å². The van der Waals surface area contributed by atoms with Crippen molar-refractivity contribution in [1.29, 1.82) is 0 Å². The number of allylic oxidation sites excluding steroid dienone is 4. The van der Waals surface area contributed by atoms with Gasteiger partial charge in [0, 0.05) is 6.42 Å². The molecule has 4 nitrogen and oxygen atoms in total. The van der Waals surface area contributed by atoms with Crippen LogP contribution in [-0.2, 0) is 4.79 Å². The Morgan fingerprint density at radius 3 is 1.07 bits per heavy atom. The maximum Gasteiger partial charge on any atom is 0.220 e. The van der Waals surface area contributed by atoms with Crippen LogP contribution in [0.25, 0.3) is 0 Å². The highest BCUT2D eigenvalue weighted by molar-refractivity contribution is 5.76. The van der Waals surface area contributed by atoms with Crippen LogP contribution in [0, 0.1) is 0 Å². The van der Waals surface area contributed by atoms with Gasteiger partial charge < -0.3 is 15.5 Å². The Hall–Kier alpha value is -1.13. The van der Waals surface area contributed by atoms with Crippen LogP contribution in [0.1, 0.15) is 284 Å². The Bertz CT molecular complexity index is 810. The minimum absolute atomic E-state index is 0.0321. The first-order chi connectivity index (χ1) is 27.7. The van der Waals surface area contributed by atoms with Crippen molar-refractivity contribution >= 4 is 5.91 Å². The van der Waals surface area contributed by atoms with Gasteiger partial charge in [0.05, 0.1) is 18.8 Å².